The Bertz CT molecular complexity index is 152. The number of rotatable bonds is 0. The summed E-state index contributed by atoms with van der Waals surface area (Å²) >= 11 is 10.4. The van der Waals surface area contributed by atoms with Crippen LogP contribution in [0.3, 0.4) is 0 Å². The van der Waals surface area contributed by atoms with Crippen LogP contribution in [0.5, 0.6) is 0 Å². The van der Waals surface area contributed by atoms with Crippen LogP contribution in [-0.2, 0) is 0 Å². The van der Waals surface area contributed by atoms with Gasteiger partial charge in [-0.3, -0.25) is 0 Å². The summed E-state index contributed by atoms with van der Waals surface area (Å²) in [5.74, 6) is 0. The minimum atomic E-state index is 0.311. The van der Waals surface area contributed by atoms with Crippen LogP contribution in [0.4, 0.5) is 0 Å². The molecule has 0 aromatic rings. The van der Waals surface area contributed by atoms with Crippen molar-refractivity contribution in [3.8, 4) is 0 Å². The van der Waals surface area contributed by atoms with Crippen LogP contribution in [-0.4, -0.2) is 14.9 Å². The molecule has 0 aromatic heterocycles. The van der Waals surface area contributed by atoms with Crippen molar-refractivity contribution in [2.45, 2.75) is 6.92 Å². The smallest absolute Gasteiger partial charge is 0.166 e. The Kier molecular flexibility index (Phi) is 4.84. The van der Waals surface area contributed by atoms with Gasteiger partial charge in [-0.05, 0) is 18.7 Å². The summed E-state index contributed by atoms with van der Waals surface area (Å²) in [6.45, 7) is 1.78. The van der Waals surface area contributed by atoms with Crippen molar-refractivity contribution < 1.29 is 0 Å². The predicted octanol–water partition coefficient (Wildman–Crippen LogP) is 1.34. The van der Waals surface area contributed by atoms with Crippen LogP contribution >= 0.6 is 36.2 Å². The number of thioether (sulfide) groups is 1. The number of aliphatic imine (C=N–C) groups is 1. The van der Waals surface area contributed by atoms with Gasteiger partial charge < -0.3 is 5.73 Å². The van der Waals surface area contributed by atoms with Crippen molar-refractivity contribution in [2.75, 3.05) is 0 Å². The minimum Gasteiger partial charge on any atom is -0.384 e. The van der Waals surface area contributed by atoms with Gasteiger partial charge in [-0.1, -0.05) is 24.4 Å². The van der Waals surface area contributed by atoms with Crippen LogP contribution in [0.2, 0.25) is 0 Å². The van der Waals surface area contributed by atoms with Crippen molar-refractivity contribution in [1.82, 2.24) is 0 Å². The topological polar surface area (TPSA) is 38.4 Å². The van der Waals surface area contributed by atoms with Gasteiger partial charge >= 0.3 is 0 Å². The highest BCUT2D eigenvalue weighted by Crippen LogP contribution is 2.03. The van der Waals surface area contributed by atoms with Crippen molar-refractivity contribution in [3.63, 3.8) is 0 Å². The Balaban J connectivity index is 3.64. The molecule has 0 amide bonds. The number of thiocarbonyl (C=S) groups is 2. The second kappa shape index (κ2) is 4.84. The van der Waals surface area contributed by atoms with E-state index >= 15 is 0 Å². The molecule has 0 heterocycles. The summed E-state index contributed by atoms with van der Waals surface area (Å²) < 4.78 is 0.774. The van der Waals surface area contributed by atoms with Crippen LogP contribution in [0.15, 0.2) is 4.99 Å². The standard InChI is InChI=1S/C4H6N2S3/c1-2-6-4(8)9-3(5)7/h2H,1H3,(H2,5,7). The van der Waals surface area contributed by atoms with E-state index < -0.39 is 0 Å². The fourth-order valence-electron chi connectivity index (χ4n) is 0.218. The van der Waals surface area contributed by atoms with Crippen LogP contribution in [0.1, 0.15) is 6.92 Å². The zero-order valence-corrected chi connectivity index (χ0v) is 7.28. The van der Waals surface area contributed by atoms with Gasteiger partial charge in [0.1, 0.15) is 4.32 Å². The number of nitrogens with zero attached hydrogens (tertiary/aromatic N) is 1. The highest BCUT2D eigenvalue weighted by atomic mass is 32.2. The van der Waals surface area contributed by atoms with Crippen molar-refractivity contribution in [2.24, 2.45) is 10.7 Å². The molecule has 9 heavy (non-hydrogen) atoms. The van der Waals surface area contributed by atoms with E-state index in [0.29, 0.717) is 8.64 Å². The average molecular weight is 178 g/mol. The fourth-order valence-corrected chi connectivity index (χ4v) is 1.32. The lowest BCUT2D eigenvalue weighted by Gasteiger charge is -1.90. The van der Waals surface area contributed by atoms with Crippen molar-refractivity contribution in [1.29, 1.82) is 0 Å². The molecule has 0 aromatic carbocycles. The summed E-state index contributed by atoms with van der Waals surface area (Å²) in [5, 5.41) is 0. The van der Waals surface area contributed by atoms with Gasteiger partial charge in [-0.2, -0.15) is 0 Å². The molecule has 0 fully saturated rings. The van der Waals surface area contributed by atoms with E-state index in [1.54, 1.807) is 13.1 Å². The van der Waals surface area contributed by atoms with Gasteiger partial charge in [-0.25, -0.2) is 4.99 Å². The Hall–Kier alpha value is -0.0000000000000000555. The van der Waals surface area contributed by atoms with E-state index in [1.165, 1.54) is 0 Å². The van der Waals surface area contributed by atoms with E-state index in [0.717, 1.165) is 11.8 Å². The lowest BCUT2D eigenvalue weighted by Crippen LogP contribution is -2.03. The van der Waals surface area contributed by atoms with E-state index in [9.17, 15) is 0 Å². The highest BCUT2D eigenvalue weighted by Gasteiger charge is 1.93. The van der Waals surface area contributed by atoms with E-state index in [2.05, 4.69) is 17.2 Å². The summed E-state index contributed by atoms with van der Waals surface area (Å²) in [5.41, 5.74) is 5.16. The lowest BCUT2D eigenvalue weighted by molar-refractivity contribution is 1.80. The fraction of sp³-hybridized carbons (Fsp3) is 0.250. The van der Waals surface area contributed by atoms with E-state index in [4.69, 9.17) is 18.0 Å². The van der Waals surface area contributed by atoms with Crippen molar-refractivity contribution >= 4 is 51.1 Å². The molecule has 0 rings (SSSR count). The Morgan fingerprint density at radius 3 is 2.56 bits per heavy atom. The molecule has 0 bridgehead atoms. The summed E-state index contributed by atoms with van der Waals surface area (Å²) in [6.07, 6.45) is 1.60. The zero-order valence-electron chi connectivity index (χ0n) is 4.83. The maximum absolute atomic E-state index is 5.16. The molecular formula is C4H6N2S3. The van der Waals surface area contributed by atoms with Gasteiger partial charge in [0.15, 0.2) is 4.32 Å². The summed E-state index contributed by atoms with van der Waals surface area (Å²) in [4.78, 5) is 3.77. The first kappa shape index (κ1) is 9.00. The third-order valence-electron chi connectivity index (χ3n) is 0.422. The molecule has 0 aliphatic heterocycles. The molecule has 0 radical (unpaired) electrons. The largest absolute Gasteiger partial charge is 0.384 e. The van der Waals surface area contributed by atoms with Crippen molar-refractivity contribution in [3.05, 3.63) is 0 Å². The second-order valence-corrected chi connectivity index (χ2v) is 3.45. The van der Waals surface area contributed by atoms with E-state index in [-0.39, 0.29) is 0 Å². The molecule has 2 nitrogen and oxygen atoms in total. The molecule has 0 unspecified atom stereocenters. The normalized spacial score (nSPS) is 9.89. The van der Waals surface area contributed by atoms with Gasteiger partial charge in [0.2, 0.25) is 0 Å². The Labute approximate surface area is 68.9 Å². The Morgan fingerprint density at radius 1 is 1.67 bits per heavy atom. The SMILES string of the molecule is CC=NC(=S)SC(N)=S. The zero-order chi connectivity index (χ0) is 7.28. The molecule has 5 heteroatoms. The van der Waals surface area contributed by atoms with Crippen LogP contribution in [0.25, 0.3) is 0 Å². The summed E-state index contributed by atoms with van der Waals surface area (Å²) in [7, 11) is 0. The van der Waals surface area contributed by atoms with Gasteiger partial charge in [-0.15, -0.1) is 0 Å². The quantitative estimate of drug-likeness (QED) is 0.449. The molecule has 0 atom stereocenters. The van der Waals surface area contributed by atoms with Gasteiger partial charge in [0.05, 0.1) is 0 Å². The third-order valence-corrected chi connectivity index (χ3v) is 1.51. The number of hydrogen-bond acceptors (Lipinski definition) is 3. The molecule has 2 N–H and O–H groups in total. The van der Waals surface area contributed by atoms with Gasteiger partial charge in [0, 0.05) is 6.21 Å². The molecule has 0 spiro atoms. The first-order valence-corrected chi connectivity index (χ1v) is 3.80. The number of hydrogen-bond donors (Lipinski definition) is 1. The number of nitrogens with two attached hydrogens (primary N) is 1. The molecule has 0 aliphatic rings. The van der Waals surface area contributed by atoms with Gasteiger partial charge in [0.25, 0.3) is 0 Å². The molecule has 0 saturated carbocycles. The monoisotopic (exact) mass is 178 g/mol. The Morgan fingerprint density at radius 2 is 2.22 bits per heavy atom. The maximum atomic E-state index is 5.16. The van der Waals surface area contributed by atoms with E-state index in [1.807, 2.05) is 0 Å². The first-order valence-electron chi connectivity index (χ1n) is 2.16. The van der Waals surface area contributed by atoms with Crippen LogP contribution in [0, 0.1) is 0 Å². The second-order valence-electron chi connectivity index (χ2n) is 1.07. The average Bonchev–Trinajstić information content (AvgIpc) is 1.63. The minimum absolute atomic E-state index is 0.311. The predicted molar refractivity (Wildman–Crippen MR) is 51.1 cm³/mol. The highest BCUT2D eigenvalue weighted by molar-refractivity contribution is 8.37. The third kappa shape index (κ3) is 5.88. The molecule has 0 saturated heterocycles. The molecule has 0 aliphatic carbocycles. The lowest BCUT2D eigenvalue weighted by atomic mass is 10.9. The summed E-state index contributed by atoms with van der Waals surface area (Å²) in [6, 6.07) is 0. The maximum Gasteiger partial charge on any atom is 0.166 e. The molecule has 50 valence electrons. The first-order chi connectivity index (χ1) is 4.16. The van der Waals surface area contributed by atoms with Crippen LogP contribution < -0.4 is 5.73 Å². The molecular weight excluding hydrogens is 172 g/mol.